The molecule has 2 aromatic rings. The van der Waals surface area contributed by atoms with Crippen LogP contribution in [0, 0.1) is 5.82 Å². The molecule has 0 spiro atoms. The van der Waals surface area contributed by atoms with Crippen LogP contribution in [0.25, 0.3) is 0 Å². The SMILES string of the molecule is CNCC[C@@H](c1cccs1)N1CC(C)(C)c2ncc(F)cc21. The molecule has 0 amide bonds. The van der Waals surface area contributed by atoms with Crippen LogP contribution in [0.1, 0.15) is 36.9 Å². The summed E-state index contributed by atoms with van der Waals surface area (Å²) in [6, 6.07) is 6.15. The number of aromatic nitrogens is 1. The van der Waals surface area contributed by atoms with Crippen LogP contribution in [0.3, 0.4) is 0 Å². The van der Waals surface area contributed by atoms with Crippen molar-refractivity contribution in [1.29, 1.82) is 0 Å². The molecule has 1 N–H and O–H groups in total. The lowest BCUT2D eigenvalue weighted by Crippen LogP contribution is -2.33. The summed E-state index contributed by atoms with van der Waals surface area (Å²) in [5.74, 6) is -0.264. The first kappa shape index (κ1) is 15.4. The highest BCUT2D eigenvalue weighted by Gasteiger charge is 2.40. The molecule has 0 aliphatic carbocycles. The fraction of sp³-hybridized carbons (Fsp3) is 0.471. The van der Waals surface area contributed by atoms with E-state index < -0.39 is 0 Å². The van der Waals surface area contributed by atoms with Crippen LogP contribution in [-0.2, 0) is 5.41 Å². The van der Waals surface area contributed by atoms with Crippen molar-refractivity contribution >= 4 is 17.0 Å². The minimum atomic E-state index is -0.264. The molecular formula is C17H22FN3S. The number of rotatable bonds is 5. The van der Waals surface area contributed by atoms with Gasteiger partial charge >= 0.3 is 0 Å². The van der Waals surface area contributed by atoms with Crippen molar-refractivity contribution in [3.05, 3.63) is 46.2 Å². The predicted octanol–water partition coefficient (Wildman–Crippen LogP) is 3.73. The first-order valence-electron chi connectivity index (χ1n) is 7.63. The smallest absolute Gasteiger partial charge is 0.143 e. The van der Waals surface area contributed by atoms with Crippen LogP contribution in [0.15, 0.2) is 29.8 Å². The van der Waals surface area contributed by atoms with Crippen molar-refractivity contribution in [1.82, 2.24) is 10.3 Å². The standard InChI is InChI=1S/C17H22FN3S/c1-17(2)11-21(14-9-12(18)10-20-16(14)17)13(6-7-19-3)15-5-4-8-22-15/h4-5,8-10,13,19H,6-7,11H2,1-3H3/t13-/m0/s1. The lowest BCUT2D eigenvalue weighted by molar-refractivity contribution is 0.494. The quantitative estimate of drug-likeness (QED) is 0.910. The van der Waals surface area contributed by atoms with E-state index in [0.29, 0.717) is 0 Å². The average Bonchev–Trinajstić information content (AvgIpc) is 3.07. The van der Waals surface area contributed by atoms with Gasteiger partial charge < -0.3 is 10.2 Å². The van der Waals surface area contributed by atoms with E-state index in [2.05, 4.69) is 46.6 Å². The monoisotopic (exact) mass is 319 g/mol. The minimum absolute atomic E-state index is 0.0574. The molecule has 3 heterocycles. The van der Waals surface area contributed by atoms with Gasteiger partial charge in [0.05, 0.1) is 23.6 Å². The third kappa shape index (κ3) is 2.75. The molecule has 5 heteroatoms. The van der Waals surface area contributed by atoms with Gasteiger partial charge in [0.1, 0.15) is 5.82 Å². The van der Waals surface area contributed by atoms with E-state index >= 15 is 0 Å². The second kappa shape index (κ2) is 5.97. The van der Waals surface area contributed by atoms with Crippen molar-refractivity contribution in [2.45, 2.75) is 31.7 Å². The Morgan fingerprint density at radius 1 is 1.50 bits per heavy atom. The summed E-state index contributed by atoms with van der Waals surface area (Å²) in [4.78, 5) is 8.03. The summed E-state index contributed by atoms with van der Waals surface area (Å²) < 4.78 is 13.7. The maximum Gasteiger partial charge on any atom is 0.143 e. The van der Waals surface area contributed by atoms with Crippen molar-refractivity contribution < 1.29 is 4.39 Å². The van der Waals surface area contributed by atoms with Crippen LogP contribution in [0.5, 0.6) is 0 Å². The number of halogens is 1. The fourth-order valence-corrected chi connectivity index (χ4v) is 4.12. The van der Waals surface area contributed by atoms with Crippen molar-refractivity contribution in [3.8, 4) is 0 Å². The third-order valence-corrected chi connectivity index (χ3v) is 5.24. The Hall–Kier alpha value is -1.46. The zero-order chi connectivity index (χ0) is 15.7. The number of fused-ring (bicyclic) bond motifs is 1. The normalized spacial score (nSPS) is 17.5. The molecule has 3 rings (SSSR count). The molecule has 0 unspecified atom stereocenters. The molecule has 118 valence electrons. The average molecular weight is 319 g/mol. The maximum absolute atomic E-state index is 13.7. The summed E-state index contributed by atoms with van der Waals surface area (Å²) >= 11 is 1.76. The fourth-order valence-electron chi connectivity index (χ4n) is 3.25. The van der Waals surface area contributed by atoms with Gasteiger partial charge in [0, 0.05) is 22.9 Å². The molecule has 0 radical (unpaired) electrons. The summed E-state index contributed by atoms with van der Waals surface area (Å²) in [7, 11) is 1.97. The molecule has 0 fully saturated rings. The number of nitrogens with one attached hydrogen (secondary N) is 1. The van der Waals surface area contributed by atoms with Crippen LogP contribution >= 0.6 is 11.3 Å². The van der Waals surface area contributed by atoms with Gasteiger partial charge in [-0.05, 0) is 31.5 Å². The van der Waals surface area contributed by atoms with E-state index in [9.17, 15) is 4.39 Å². The second-order valence-corrected chi connectivity index (χ2v) is 7.44. The Balaban J connectivity index is 2.01. The Bertz CT molecular complexity index is 639. The van der Waals surface area contributed by atoms with E-state index in [1.807, 2.05) is 7.05 Å². The molecule has 0 aromatic carbocycles. The lowest BCUT2D eigenvalue weighted by atomic mass is 9.91. The zero-order valence-corrected chi connectivity index (χ0v) is 14.1. The summed E-state index contributed by atoms with van der Waals surface area (Å²) in [5.41, 5.74) is 1.89. The van der Waals surface area contributed by atoms with E-state index in [1.54, 1.807) is 17.4 Å². The molecular weight excluding hydrogens is 297 g/mol. The number of nitrogens with zero attached hydrogens (tertiary/aromatic N) is 2. The van der Waals surface area contributed by atoms with Gasteiger partial charge in [0.15, 0.2) is 0 Å². The number of thiophene rings is 1. The Labute approximate surface area is 135 Å². The molecule has 1 aliphatic rings. The predicted molar refractivity (Wildman–Crippen MR) is 90.2 cm³/mol. The topological polar surface area (TPSA) is 28.2 Å². The number of anilines is 1. The first-order chi connectivity index (χ1) is 10.5. The van der Waals surface area contributed by atoms with Crippen LogP contribution in [0.2, 0.25) is 0 Å². The highest BCUT2D eigenvalue weighted by atomic mass is 32.1. The van der Waals surface area contributed by atoms with E-state index in [0.717, 1.165) is 30.9 Å². The maximum atomic E-state index is 13.7. The van der Waals surface area contributed by atoms with E-state index in [-0.39, 0.29) is 17.3 Å². The Morgan fingerprint density at radius 2 is 2.32 bits per heavy atom. The lowest BCUT2D eigenvalue weighted by Gasteiger charge is -2.31. The van der Waals surface area contributed by atoms with Crippen molar-refractivity contribution in [2.75, 3.05) is 25.0 Å². The second-order valence-electron chi connectivity index (χ2n) is 6.46. The minimum Gasteiger partial charge on any atom is -0.361 e. The van der Waals surface area contributed by atoms with Gasteiger partial charge in [-0.25, -0.2) is 4.39 Å². The van der Waals surface area contributed by atoms with Gasteiger partial charge in [-0.3, -0.25) is 4.98 Å². The molecule has 1 atom stereocenters. The van der Waals surface area contributed by atoms with Gasteiger partial charge in [-0.1, -0.05) is 19.9 Å². The van der Waals surface area contributed by atoms with Gasteiger partial charge in [0.2, 0.25) is 0 Å². The van der Waals surface area contributed by atoms with Crippen molar-refractivity contribution in [2.24, 2.45) is 0 Å². The molecule has 0 saturated heterocycles. The largest absolute Gasteiger partial charge is 0.361 e. The molecule has 3 nitrogen and oxygen atoms in total. The Kier molecular flexibility index (Phi) is 4.19. The summed E-state index contributed by atoms with van der Waals surface area (Å²) in [6.07, 6.45) is 2.32. The van der Waals surface area contributed by atoms with Crippen molar-refractivity contribution in [3.63, 3.8) is 0 Å². The first-order valence-corrected chi connectivity index (χ1v) is 8.51. The van der Waals surface area contributed by atoms with Crippen LogP contribution in [0.4, 0.5) is 10.1 Å². The Morgan fingerprint density at radius 3 is 3.00 bits per heavy atom. The zero-order valence-electron chi connectivity index (χ0n) is 13.3. The summed E-state index contributed by atoms with van der Waals surface area (Å²) in [5, 5.41) is 5.33. The van der Waals surface area contributed by atoms with Gasteiger partial charge in [-0.2, -0.15) is 0 Å². The van der Waals surface area contributed by atoms with Gasteiger partial charge in [0.25, 0.3) is 0 Å². The molecule has 0 bridgehead atoms. The van der Waals surface area contributed by atoms with Gasteiger partial charge in [-0.15, -0.1) is 11.3 Å². The number of hydrogen-bond acceptors (Lipinski definition) is 4. The van der Waals surface area contributed by atoms with Crippen LogP contribution < -0.4 is 10.2 Å². The van der Waals surface area contributed by atoms with E-state index in [1.165, 1.54) is 11.1 Å². The summed E-state index contributed by atoms with van der Waals surface area (Å²) in [6.45, 7) is 6.16. The molecule has 2 aromatic heterocycles. The molecule has 1 aliphatic heterocycles. The van der Waals surface area contributed by atoms with E-state index in [4.69, 9.17) is 0 Å². The number of hydrogen-bond donors (Lipinski definition) is 1. The highest BCUT2D eigenvalue weighted by molar-refractivity contribution is 7.10. The third-order valence-electron chi connectivity index (χ3n) is 4.27. The van der Waals surface area contributed by atoms with Crippen LogP contribution in [-0.4, -0.2) is 25.1 Å². The highest BCUT2D eigenvalue weighted by Crippen LogP contribution is 2.44. The molecule has 22 heavy (non-hydrogen) atoms. The molecule has 0 saturated carbocycles. The number of pyridine rings is 1.